The van der Waals surface area contributed by atoms with E-state index in [4.69, 9.17) is 5.11 Å². The van der Waals surface area contributed by atoms with Gasteiger partial charge in [0.1, 0.15) is 0 Å². The van der Waals surface area contributed by atoms with Crippen LogP contribution in [0.25, 0.3) is 0 Å². The maximum Gasteiger partial charge on any atom is 0.0445 e. The third-order valence-electron chi connectivity index (χ3n) is 3.66. The highest BCUT2D eigenvalue weighted by Crippen LogP contribution is 2.37. The first-order chi connectivity index (χ1) is 6.60. The lowest BCUT2D eigenvalue weighted by Crippen LogP contribution is -2.44. The van der Waals surface area contributed by atoms with E-state index in [1.165, 1.54) is 19.3 Å². The van der Waals surface area contributed by atoms with Crippen LogP contribution in [0, 0.1) is 5.41 Å². The maximum absolute atomic E-state index is 8.93. The van der Waals surface area contributed by atoms with Crippen molar-refractivity contribution in [3.8, 4) is 0 Å². The van der Waals surface area contributed by atoms with Crippen LogP contribution in [0.2, 0.25) is 0 Å². The molecule has 1 rings (SSSR count). The van der Waals surface area contributed by atoms with E-state index in [0.717, 1.165) is 12.8 Å². The summed E-state index contributed by atoms with van der Waals surface area (Å²) < 4.78 is 0. The lowest BCUT2D eigenvalue weighted by molar-refractivity contribution is 0.220. The molecule has 0 radical (unpaired) electrons. The second kappa shape index (κ2) is 5.13. The van der Waals surface area contributed by atoms with Gasteiger partial charge in [-0.1, -0.05) is 27.2 Å². The van der Waals surface area contributed by atoms with E-state index in [1.54, 1.807) is 0 Å². The number of aliphatic hydroxyl groups is 1. The van der Waals surface area contributed by atoms with Crippen LogP contribution in [0.1, 0.15) is 52.9 Å². The van der Waals surface area contributed by atoms with Gasteiger partial charge in [0.2, 0.25) is 0 Å². The van der Waals surface area contributed by atoms with Crippen molar-refractivity contribution in [3.05, 3.63) is 0 Å². The summed E-state index contributed by atoms with van der Waals surface area (Å²) in [6.07, 6.45) is 5.99. The summed E-state index contributed by atoms with van der Waals surface area (Å²) in [5.74, 6) is 0. The molecule has 2 nitrogen and oxygen atoms in total. The molecule has 0 aromatic rings. The van der Waals surface area contributed by atoms with Crippen molar-refractivity contribution in [1.29, 1.82) is 0 Å². The molecule has 14 heavy (non-hydrogen) atoms. The molecule has 0 saturated heterocycles. The van der Waals surface area contributed by atoms with E-state index in [1.807, 2.05) is 0 Å². The Morgan fingerprint density at radius 2 is 2.21 bits per heavy atom. The van der Waals surface area contributed by atoms with Crippen molar-refractivity contribution < 1.29 is 5.11 Å². The molecule has 0 heterocycles. The standard InChI is InChI=1S/C12H25NO/c1-4-10(7-9-14)13-11-6-5-8-12(11,2)3/h10-11,13-14H,4-9H2,1-3H3. The summed E-state index contributed by atoms with van der Waals surface area (Å²) in [7, 11) is 0. The molecule has 0 spiro atoms. The Morgan fingerprint density at radius 1 is 1.50 bits per heavy atom. The minimum atomic E-state index is 0.304. The molecule has 0 bridgehead atoms. The first-order valence-electron chi connectivity index (χ1n) is 5.97. The minimum absolute atomic E-state index is 0.304. The highest BCUT2D eigenvalue weighted by Gasteiger charge is 2.34. The second-order valence-electron chi connectivity index (χ2n) is 5.22. The molecule has 0 aromatic carbocycles. The summed E-state index contributed by atoms with van der Waals surface area (Å²) in [5.41, 5.74) is 0.447. The van der Waals surface area contributed by atoms with E-state index in [2.05, 4.69) is 26.1 Å². The van der Waals surface area contributed by atoms with Crippen molar-refractivity contribution in [1.82, 2.24) is 5.32 Å². The minimum Gasteiger partial charge on any atom is -0.396 e. The van der Waals surface area contributed by atoms with Crippen molar-refractivity contribution >= 4 is 0 Å². The normalized spacial score (nSPS) is 27.9. The van der Waals surface area contributed by atoms with Crippen LogP contribution in [-0.2, 0) is 0 Å². The van der Waals surface area contributed by atoms with Gasteiger partial charge in [0.05, 0.1) is 0 Å². The van der Waals surface area contributed by atoms with Gasteiger partial charge in [-0.2, -0.15) is 0 Å². The van der Waals surface area contributed by atoms with Gasteiger partial charge >= 0.3 is 0 Å². The highest BCUT2D eigenvalue weighted by atomic mass is 16.3. The van der Waals surface area contributed by atoms with Crippen molar-refractivity contribution in [3.63, 3.8) is 0 Å². The fourth-order valence-electron chi connectivity index (χ4n) is 2.48. The average molecular weight is 199 g/mol. The van der Waals surface area contributed by atoms with E-state index >= 15 is 0 Å². The molecular weight excluding hydrogens is 174 g/mol. The fourth-order valence-corrected chi connectivity index (χ4v) is 2.48. The molecule has 2 heteroatoms. The van der Waals surface area contributed by atoms with Gasteiger partial charge in [0, 0.05) is 18.7 Å². The zero-order valence-corrected chi connectivity index (χ0v) is 9.84. The number of hydrogen-bond acceptors (Lipinski definition) is 2. The Hall–Kier alpha value is -0.0800. The summed E-state index contributed by atoms with van der Waals surface area (Å²) in [6.45, 7) is 7.20. The average Bonchev–Trinajstić information content (AvgIpc) is 2.45. The fraction of sp³-hybridized carbons (Fsp3) is 1.00. The van der Waals surface area contributed by atoms with Crippen LogP contribution in [0.5, 0.6) is 0 Å². The van der Waals surface area contributed by atoms with E-state index in [9.17, 15) is 0 Å². The second-order valence-corrected chi connectivity index (χ2v) is 5.22. The highest BCUT2D eigenvalue weighted by molar-refractivity contribution is 4.91. The first kappa shape index (κ1) is 12.0. The molecule has 1 saturated carbocycles. The molecule has 1 aliphatic carbocycles. The number of aliphatic hydroxyl groups excluding tert-OH is 1. The van der Waals surface area contributed by atoms with Gasteiger partial charge in [0.25, 0.3) is 0 Å². The third kappa shape index (κ3) is 2.96. The Morgan fingerprint density at radius 3 is 2.64 bits per heavy atom. The first-order valence-corrected chi connectivity index (χ1v) is 5.97. The van der Waals surface area contributed by atoms with Crippen LogP contribution >= 0.6 is 0 Å². The molecule has 2 atom stereocenters. The van der Waals surface area contributed by atoms with Crippen molar-refractivity contribution in [2.75, 3.05) is 6.61 Å². The van der Waals surface area contributed by atoms with Gasteiger partial charge in [-0.15, -0.1) is 0 Å². The number of rotatable bonds is 5. The third-order valence-corrected chi connectivity index (χ3v) is 3.66. The van der Waals surface area contributed by atoms with E-state index in [0.29, 0.717) is 24.1 Å². The van der Waals surface area contributed by atoms with E-state index in [-0.39, 0.29) is 0 Å². The topological polar surface area (TPSA) is 32.3 Å². The predicted octanol–water partition coefficient (Wildman–Crippen LogP) is 2.32. The summed E-state index contributed by atoms with van der Waals surface area (Å²) in [4.78, 5) is 0. The molecule has 0 amide bonds. The van der Waals surface area contributed by atoms with Crippen LogP contribution in [-0.4, -0.2) is 23.8 Å². The zero-order valence-electron chi connectivity index (χ0n) is 9.84. The van der Waals surface area contributed by atoms with Gasteiger partial charge in [-0.3, -0.25) is 0 Å². The lowest BCUT2D eigenvalue weighted by atomic mass is 9.86. The molecule has 2 unspecified atom stereocenters. The quantitative estimate of drug-likeness (QED) is 0.712. The van der Waals surface area contributed by atoms with Gasteiger partial charge in [0.15, 0.2) is 0 Å². The monoisotopic (exact) mass is 199 g/mol. The molecule has 84 valence electrons. The Labute approximate surface area is 88.1 Å². The van der Waals surface area contributed by atoms with Crippen LogP contribution in [0.3, 0.4) is 0 Å². The number of nitrogens with one attached hydrogen (secondary N) is 1. The molecular formula is C12H25NO. The lowest BCUT2D eigenvalue weighted by Gasteiger charge is -2.31. The Bertz CT molecular complexity index is 168. The Balaban J connectivity index is 2.41. The largest absolute Gasteiger partial charge is 0.396 e. The molecule has 0 aromatic heterocycles. The molecule has 1 fully saturated rings. The van der Waals surface area contributed by atoms with Crippen molar-refractivity contribution in [2.45, 2.75) is 65.0 Å². The van der Waals surface area contributed by atoms with E-state index < -0.39 is 0 Å². The summed E-state index contributed by atoms with van der Waals surface area (Å²) in [5, 5.41) is 12.6. The predicted molar refractivity (Wildman–Crippen MR) is 60.3 cm³/mol. The smallest absolute Gasteiger partial charge is 0.0445 e. The zero-order chi connectivity index (χ0) is 10.6. The number of hydrogen-bond donors (Lipinski definition) is 2. The molecule has 1 aliphatic rings. The van der Waals surface area contributed by atoms with Crippen molar-refractivity contribution in [2.24, 2.45) is 5.41 Å². The van der Waals surface area contributed by atoms with Gasteiger partial charge in [-0.25, -0.2) is 0 Å². The molecule has 2 N–H and O–H groups in total. The Kier molecular flexibility index (Phi) is 4.39. The van der Waals surface area contributed by atoms with Crippen LogP contribution < -0.4 is 5.32 Å². The van der Waals surface area contributed by atoms with Crippen LogP contribution in [0.15, 0.2) is 0 Å². The summed E-state index contributed by atoms with van der Waals surface area (Å²) in [6, 6.07) is 1.15. The van der Waals surface area contributed by atoms with Gasteiger partial charge in [-0.05, 0) is 31.1 Å². The summed E-state index contributed by atoms with van der Waals surface area (Å²) >= 11 is 0. The maximum atomic E-state index is 8.93. The van der Waals surface area contributed by atoms with Crippen LogP contribution in [0.4, 0.5) is 0 Å². The van der Waals surface area contributed by atoms with Gasteiger partial charge < -0.3 is 10.4 Å². The molecule has 0 aliphatic heterocycles. The SMILES string of the molecule is CCC(CCO)NC1CCCC1(C)C.